The Bertz CT molecular complexity index is 266. The number of aliphatic hydroxyl groups excluding tert-OH is 1. The van der Waals surface area contributed by atoms with Crippen LogP contribution in [0.3, 0.4) is 0 Å². The Balaban J connectivity index is 2.75. The van der Waals surface area contributed by atoms with Gasteiger partial charge in [0, 0.05) is 12.3 Å². The first kappa shape index (κ1) is 9.95. The zero-order valence-corrected chi connectivity index (χ0v) is 7.60. The van der Waals surface area contributed by atoms with E-state index in [9.17, 15) is 5.11 Å². The predicted molar refractivity (Wildman–Crippen MR) is 49.4 cm³/mol. The molecule has 13 heavy (non-hydrogen) atoms. The van der Waals surface area contributed by atoms with E-state index in [4.69, 9.17) is 10.5 Å². The summed E-state index contributed by atoms with van der Waals surface area (Å²) in [5.41, 5.74) is 6.12. The number of aliphatic hydroxyl groups is 1. The van der Waals surface area contributed by atoms with E-state index in [1.54, 1.807) is 25.4 Å². The number of hydrogen-bond acceptors (Lipinski definition) is 4. The second-order valence-corrected chi connectivity index (χ2v) is 2.72. The van der Waals surface area contributed by atoms with Crippen molar-refractivity contribution in [1.29, 1.82) is 0 Å². The molecule has 72 valence electrons. The summed E-state index contributed by atoms with van der Waals surface area (Å²) < 4.78 is 4.93. The molecule has 3 N–H and O–H groups in total. The summed E-state index contributed by atoms with van der Waals surface area (Å²) in [6.07, 6.45) is 1.63. The number of nitrogens with zero attached hydrogens (tertiary/aromatic N) is 1. The van der Waals surface area contributed by atoms with E-state index in [1.807, 2.05) is 0 Å². The topological polar surface area (TPSA) is 68.4 Å². The minimum Gasteiger partial charge on any atom is -0.481 e. The molecule has 1 rings (SSSR count). The van der Waals surface area contributed by atoms with Gasteiger partial charge in [-0.15, -0.1) is 0 Å². The Morgan fingerprint density at radius 2 is 2.46 bits per heavy atom. The molecular formula is C9H14N2O2. The molecule has 0 fully saturated rings. The number of ether oxygens (including phenoxy) is 1. The third kappa shape index (κ3) is 2.68. The van der Waals surface area contributed by atoms with Crippen LogP contribution in [0.5, 0.6) is 5.88 Å². The molecular weight excluding hydrogens is 168 g/mol. The van der Waals surface area contributed by atoms with Crippen molar-refractivity contribution in [2.75, 3.05) is 13.7 Å². The maximum Gasteiger partial charge on any atom is 0.213 e. The highest BCUT2D eigenvalue weighted by Crippen LogP contribution is 2.18. The van der Waals surface area contributed by atoms with Crippen LogP contribution in [0.1, 0.15) is 18.1 Å². The zero-order chi connectivity index (χ0) is 9.68. The van der Waals surface area contributed by atoms with Crippen molar-refractivity contribution in [2.45, 2.75) is 12.5 Å². The Morgan fingerprint density at radius 1 is 1.69 bits per heavy atom. The average molecular weight is 182 g/mol. The Morgan fingerprint density at radius 3 is 3.08 bits per heavy atom. The zero-order valence-electron chi connectivity index (χ0n) is 7.60. The molecule has 4 nitrogen and oxygen atoms in total. The maximum atomic E-state index is 9.58. The lowest BCUT2D eigenvalue weighted by molar-refractivity contribution is 0.169. The second kappa shape index (κ2) is 4.79. The molecule has 1 atom stereocenters. The molecule has 0 saturated heterocycles. The molecule has 1 aromatic rings. The summed E-state index contributed by atoms with van der Waals surface area (Å²) >= 11 is 0. The second-order valence-electron chi connectivity index (χ2n) is 2.72. The van der Waals surface area contributed by atoms with Gasteiger partial charge in [0.2, 0.25) is 5.88 Å². The van der Waals surface area contributed by atoms with Crippen molar-refractivity contribution in [1.82, 2.24) is 4.98 Å². The van der Waals surface area contributed by atoms with Crippen molar-refractivity contribution in [3.8, 4) is 5.88 Å². The molecule has 0 saturated carbocycles. The molecule has 1 aromatic heterocycles. The van der Waals surface area contributed by atoms with Crippen LogP contribution in [-0.4, -0.2) is 23.7 Å². The first-order chi connectivity index (χ1) is 6.27. The van der Waals surface area contributed by atoms with Gasteiger partial charge in [0.15, 0.2) is 0 Å². The molecule has 0 bridgehead atoms. The van der Waals surface area contributed by atoms with Crippen LogP contribution >= 0.6 is 0 Å². The quantitative estimate of drug-likeness (QED) is 0.710. The van der Waals surface area contributed by atoms with E-state index in [1.165, 1.54) is 0 Å². The van der Waals surface area contributed by atoms with E-state index in [2.05, 4.69) is 4.98 Å². The van der Waals surface area contributed by atoms with Gasteiger partial charge in [0.05, 0.1) is 13.2 Å². The van der Waals surface area contributed by atoms with Gasteiger partial charge in [-0.1, -0.05) is 0 Å². The molecule has 0 aliphatic rings. The number of nitrogens with two attached hydrogens (primary N) is 1. The Labute approximate surface area is 77.4 Å². The molecule has 4 heteroatoms. The van der Waals surface area contributed by atoms with Crippen LogP contribution in [0.15, 0.2) is 18.3 Å². The SMILES string of the molecule is COc1cc([C@@H](O)CCN)ccn1. The summed E-state index contributed by atoms with van der Waals surface area (Å²) in [5.74, 6) is 0.508. The van der Waals surface area contributed by atoms with E-state index in [0.717, 1.165) is 5.56 Å². The summed E-state index contributed by atoms with van der Waals surface area (Å²) in [7, 11) is 1.54. The van der Waals surface area contributed by atoms with E-state index >= 15 is 0 Å². The minimum absolute atomic E-state index is 0.464. The molecule has 0 radical (unpaired) electrons. The van der Waals surface area contributed by atoms with Gasteiger partial charge >= 0.3 is 0 Å². The molecule has 1 heterocycles. The molecule has 0 unspecified atom stereocenters. The van der Waals surface area contributed by atoms with Gasteiger partial charge in [0.1, 0.15) is 0 Å². The fourth-order valence-corrected chi connectivity index (χ4v) is 1.07. The smallest absolute Gasteiger partial charge is 0.213 e. The molecule has 0 spiro atoms. The first-order valence-corrected chi connectivity index (χ1v) is 4.16. The minimum atomic E-state index is -0.526. The van der Waals surface area contributed by atoms with Gasteiger partial charge in [0.25, 0.3) is 0 Å². The lowest BCUT2D eigenvalue weighted by Crippen LogP contribution is -2.06. The van der Waals surface area contributed by atoms with Gasteiger partial charge in [-0.3, -0.25) is 0 Å². The third-order valence-corrected chi connectivity index (χ3v) is 1.79. The van der Waals surface area contributed by atoms with E-state index in [0.29, 0.717) is 18.8 Å². The van der Waals surface area contributed by atoms with Crippen LogP contribution in [-0.2, 0) is 0 Å². The summed E-state index contributed by atoms with van der Waals surface area (Å²) in [4.78, 5) is 3.94. The van der Waals surface area contributed by atoms with E-state index < -0.39 is 6.10 Å². The third-order valence-electron chi connectivity index (χ3n) is 1.79. The fourth-order valence-electron chi connectivity index (χ4n) is 1.07. The standard InChI is InChI=1S/C9H14N2O2/c1-13-9-6-7(3-5-11-9)8(12)2-4-10/h3,5-6,8,12H,2,4,10H2,1H3/t8-/m0/s1. The normalized spacial score (nSPS) is 12.5. The lowest BCUT2D eigenvalue weighted by atomic mass is 10.1. The van der Waals surface area contributed by atoms with Gasteiger partial charge < -0.3 is 15.6 Å². The number of hydrogen-bond donors (Lipinski definition) is 2. The first-order valence-electron chi connectivity index (χ1n) is 4.16. The average Bonchev–Trinajstić information content (AvgIpc) is 2.18. The number of methoxy groups -OCH3 is 1. The Kier molecular flexibility index (Phi) is 3.67. The van der Waals surface area contributed by atoms with Gasteiger partial charge in [-0.25, -0.2) is 4.98 Å². The molecule has 0 aliphatic carbocycles. The highest BCUT2D eigenvalue weighted by molar-refractivity contribution is 5.22. The van der Waals surface area contributed by atoms with Crippen molar-refractivity contribution >= 4 is 0 Å². The van der Waals surface area contributed by atoms with Crippen LogP contribution in [0.2, 0.25) is 0 Å². The summed E-state index contributed by atoms with van der Waals surface area (Å²) in [5, 5.41) is 9.58. The predicted octanol–water partition coefficient (Wildman–Crippen LogP) is 0.472. The molecule has 0 amide bonds. The summed E-state index contributed by atoms with van der Waals surface area (Å²) in [6, 6.07) is 3.46. The van der Waals surface area contributed by atoms with Crippen LogP contribution in [0.25, 0.3) is 0 Å². The van der Waals surface area contributed by atoms with E-state index in [-0.39, 0.29) is 0 Å². The Hall–Kier alpha value is -1.13. The monoisotopic (exact) mass is 182 g/mol. The molecule has 0 aromatic carbocycles. The number of rotatable bonds is 4. The highest BCUT2D eigenvalue weighted by Gasteiger charge is 2.07. The van der Waals surface area contributed by atoms with Crippen molar-refractivity contribution < 1.29 is 9.84 Å². The van der Waals surface area contributed by atoms with Crippen LogP contribution in [0.4, 0.5) is 0 Å². The van der Waals surface area contributed by atoms with Gasteiger partial charge in [-0.2, -0.15) is 0 Å². The fraction of sp³-hybridized carbons (Fsp3) is 0.444. The van der Waals surface area contributed by atoms with Crippen molar-refractivity contribution in [3.05, 3.63) is 23.9 Å². The van der Waals surface area contributed by atoms with Crippen LogP contribution < -0.4 is 10.5 Å². The molecule has 0 aliphatic heterocycles. The van der Waals surface area contributed by atoms with Crippen molar-refractivity contribution in [2.24, 2.45) is 5.73 Å². The summed E-state index contributed by atoms with van der Waals surface area (Å²) in [6.45, 7) is 0.464. The maximum absolute atomic E-state index is 9.58. The number of aromatic nitrogens is 1. The number of pyridine rings is 1. The van der Waals surface area contributed by atoms with Crippen LogP contribution in [0, 0.1) is 0 Å². The lowest BCUT2D eigenvalue weighted by Gasteiger charge is -2.09. The van der Waals surface area contributed by atoms with Gasteiger partial charge in [-0.05, 0) is 24.6 Å². The van der Waals surface area contributed by atoms with Crippen molar-refractivity contribution in [3.63, 3.8) is 0 Å². The highest BCUT2D eigenvalue weighted by atomic mass is 16.5. The largest absolute Gasteiger partial charge is 0.481 e.